The minimum atomic E-state index is -0.0739. The van der Waals surface area contributed by atoms with Crippen LogP contribution in [0.1, 0.15) is 22.0 Å². The van der Waals surface area contributed by atoms with Crippen LogP contribution < -0.4 is 5.32 Å². The Labute approximate surface area is 145 Å². The van der Waals surface area contributed by atoms with Crippen LogP contribution in [0, 0.1) is 0 Å². The molecule has 0 aliphatic carbocycles. The van der Waals surface area contributed by atoms with Gasteiger partial charge in [0.15, 0.2) is 0 Å². The Balaban J connectivity index is 1.66. The molecule has 1 aliphatic rings. The number of nitrogens with zero attached hydrogens (tertiary/aromatic N) is 1. The number of amides is 1. The lowest BCUT2D eigenvalue weighted by Gasteiger charge is -2.34. The van der Waals surface area contributed by atoms with Gasteiger partial charge in [-0.25, -0.2) is 0 Å². The summed E-state index contributed by atoms with van der Waals surface area (Å²) in [5.41, 5.74) is 1.87. The van der Waals surface area contributed by atoms with Crippen molar-refractivity contribution in [3.63, 3.8) is 0 Å². The van der Waals surface area contributed by atoms with E-state index < -0.39 is 0 Å². The van der Waals surface area contributed by atoms with Crippen molar-refractivity contribution in [2.75, 3.05) is 32.8 Å². The number of carbonyl (C=O) groups is 1. The number of benzene rings is 1. The maximum atomic E-state index is 12.3. The van der Waals surface area contributed by atoms with Gasteiger partial charge in [-0.1, -0.05) is 11.6 Å². The van der Waals surface area contributed by atoms with E-state index in [2.05, 4.69) is 27.0 Å². The molecule has 1 N–H and O–H groups in total. The number of nitrogens with one attached hydrogen (secondary N) is 1. The highest BCUT2D eigenvalue weighted by Gasteiger charge is 2.23. The lowest BCUT2D eigenvalue weighted by Crippen LogP contribution is -2.43. The molecule has 0 saturated carbocycles. The fraction of sp³-hybridized carbons (Fsp3) is 0.353. The summed E-state index contributed by atoms with van der Waals surface area (Å²) >= 11 is 7.54. The maximum absolute atomic E-state index is 12.3. The van der Waals surface area contributed by atoms with Crippen LogP contribution in [0.15, 0.2) is 41.1 Å². The highest BCUT2D eigenvalue weighted by molar-refractivity contribution is 7.07. The van der Waals surface area contributed by atoms with Crippen LogP contribution in [0.3, 0.4) is 0 Å². The zero-order valence-electron chi connectivity index (χ0n) is 12.7. The summed E-state index contributed by atoms with van der Waals surface area (Å²) in [5.74, 6) is -0.0739. The second kappa shape index (κ2) is 7.93. The van der Waals surface area contributed by atoms with Gasteiger partial charge >= 0.3 is 0 Å². The monoisotopic (exact) mass is 350 g/mol. The van der Waals surface area contributed by atoms with E-state index in [1.54, 1.807) is 35.6 Å². The van der Waals surface area contributed by atoms with Gasteiger partial charge in [-0.05, 0) is 46.7 Å². The largest absolute Gasteiger partial charge is 0.379 e. The third-order valence-corrected chi connectivity index (χ3v) is 4.93. The van der Waals surface area contributed by atoms with Gasteiger partial charge in [0, 0.05) is 30.2 Å². The molecule has 1 atom stereocenters. The Morgan fingerprint density at radius 3 is 2.65 bits per heavy atom. The molecule has 1 aromatic carbocycles. The smallest absolute Gasteiger partial charge is 0.251 e. The van der Waals surface area contributed by atoms with Gasteiger partial charge in [-0.15, -0.1) is 0 Å². The van der Waals surface area contributed by atoms with Crippen LogP contribution in [-0.4, -0.2) is 43.7 Å². The normalized spacial score (nSPS) is 16.9. The molecular formula is C17H19ClN2O2S. The summed E-state index contributed by atoms with van der Waals surface area (Å²) in [6, 6.07) is 9.25. The number of hydrogen-bond donors (Lipinski definition) is 1. The Hall–Kier alpha value is -1.40. The van der Waals surface area contributed by atoms with E-state index in [1.165, 1.54) is 5.56 Å². The molecule has 0 bridgehead atoms. The highest BCUT2D eigenvalue weighted by atomic mass is 35.5. The summed E-state index contributed by atoms with van der Waals surface area (Å²) in [6.45, 7) is 3.84. The molecule has 0 unspecified atom stereocenters. The third kappa shape index (κ3) is 4.32. The average molecular weight is 351 g/mol. The standard InChI is InChI=1S/C17H19ClN2O2S/c18-15-3-1-13(2-4-15)17(21)19-11-16(14-5-10-23-12-14)20-6-8-22-9-7-20/h1-5,10,12,16H,6-9,11H2,(H,19,21)/t16-/m1/s1. The van der Waals surface area contributed by atoms with Gasteiger partial charge in [0.05, 0.1) is 19.3 Å². The van der Waals surface area contributed by atoms with Crippen molar-refractivity contribution in [2.24, 2.45) is 0 Å². The van der Waals surface area contributed by atoms with Crippen molar-refractivity contribution < 1.29 is 9.53 Å². The second-order valence-electron chi connectivity index (χ2n) is 5.44. The topological polar surface area (TPSA) is 41.6 Å². The molecule has 122 valence electrons. The first-order valence-electron chi connectivity index (χ1n) is 7.62. The fourth-order valence-electron chi connectivity index (χ4n) is 2.70. The van der Waals surface area contributed by atoms with E-state index in [4.69, 9.17) is 16.3 Å². The molecule has 0 radical (unpaired) electrons. The minimum absolute atomic E-state index is 0.0739. The highest BCUT2D eigenvalue weighted by Crippen LogP contribution is 2.23. The van der Waals surface area contributed by atoms with Gasteiger partial charge in [0.1, 0.15) is 0 Å². The molecule has 2 heterocycles. The fourth-order valence-corrected chi connectivity index (χ4v) is 3.54. The van der Waals surface area contributed by atoms with E-state index in [1.807, 2.05) is 0 Å². The Kier molecular flexibility index (Phi) is 5.67. The molecule has 3 rings (SSSR count). The first-order chi connectivity index (χ1) is 11.2. The number of morpholine rings is 1. The molecule has 1 fully saturated rings. The van der Waals surface area contributed by atoms with Gasteiger partial charge in [0.25, 0.3) is 5.91 Å². The summed E-state index contributed by atoms with van der Waals surface area (Å²) in [7, 11) is 0. The van der Waals surface area contributed by atoms with E-state index >= 15 is 0 Å². The van der Waals surface area contributed by atoms with Gasteiger partial charge in [0.2, 0.25) is 0 Å². The minimum Gasteiger partial charge on any atom is -0.379 e. The lowest BCUT2D eigenvalue weighted by atomic mass is 10.1. The summed E-state index contributed by atoms with van der Waals surface area (Å²) in [6.07, 6.45) is 0. The number of thiophene rings is 1. The number of ether oxygens (including phenoxy) is 1. The van der Waals surface area contributed by atoms with Crippen molar-refractivity contribution in [1.29, 1.82) is 0 Å². The SMILES string of the molecule is O=C(NC[C@H](c1ccsc1)N1CCOCC1)c1ccc(Cl)cc1. The maximum Gasteiger partial charge on any atom is 0.251 e. The van der Waals surface area contributed by atoms with Gasteiger partial charge < -0.3 is 10.1 Å². The second-order valence-corrected chi connectivity index (χ2v) is 6.65. The first-order valence-corrected chi connectivity index (χ1v) is 8.94. The molecule has 1 amide bonds. The number of halogens is 1. The molecule has 23 heavy (non-hydrogen) atoms. The quantitative estimate of drug-likeness (QED) is 0.900. The van der Waals surface area contributed by atoms with Crippen molar-refractivity contribution in [3.8, 4) is 0 Å². The molecule has 1 aliphatic heterocycles. The third-order valence-electron chi connectivity index (χ3n) is 3.98. The van der Waals surface area contributed by atoms with Crippen molar-refractivity contribution in [3.05, 3.63) is 57.2 Å². The van der Waals surface area contributed by atoms with Crippen molar-refractivity contribution in [2.45, 2.75) is 6.04 Å². The summed E-state index contributed by atoms with van der Waals surface area (Å²) in [5, 5.41) is 7.90. The molecule has 1 saturated heterocycles. The predicted octanol–water partition coefficient (Wildman–Crippen LogP) is 3.20. The number of hydrogen-bond acceptors (Lipinski definition) is 4. The first kappa shape index (κ1) is 16.5. The Morgan fingerprint density at radius 1 is 1.26 bits per heavy atom. The van der Waals surface area contributed by atoms with E-state index in [-0.39, 0.29) is 11.9 Å². The summed E-state index contributed by atoms with van der Waals surface area (Å²) < 4.78 is 5.43. The molecule has 4 nitrogen and oxygen atoms in total. The number of carbonyl (C=O) groups excluding carboxylic acids is 1. The molecule has 6 heteroatoms. The Bertz CT molecular complexity index is 625. The van der Waals surface area contributed by atoms with Crippen molar-refractivity contribution >= 4 is 28.8 Å². The van der Waals surface area contributed by atoms with Gasteiger partial charge in [-0.3, -0.25) is 9.69 Å². The Morgan fingerprint density at radius 2 is 2.00 bits per heavy atom. The number of rotatable bonds is 5. The van der Waals surface area contributed by atoms with E-state index in [9.17, 15) is 4.79 Å². The van der Waals surface area contributed by atoms with Crippen LogP contribution in [0.4, 0.5) is 0 Å². The summed E-state index contributed by atoms with van der Waals surface area (Å²) in [4.78, 5) is 14.7. The van der Waals surface area contributed by atoms with E-state index in [0.717, 1.165) is 26.3 Å². The van der Waals surface area contributed by atoms with Crippen LogP contribution in [0.25, 0.3) is 0 Å². The zero-order valence-corrected chi connectivity index (χ0v) is 14.3. The molecular weight excluding hydrogens is 332 g/mol. The van der Waals surface area contributed by atoms with Crippen LogP contribution in [-0.2, 0) is 4.74 Å². The van der Waals surface area contributed by atoms with Crippen molar-refractivity contribution in [1.82, 2.24) is 10.2 Å². The zero-order chi connectivity index (χ0) is 16.1. The lowest BCUT2D eigenvalue weighted by molar-refractivity contribution is 0.0163. The van der Waals surface area contributed by atoms with E-state index in [0.29, 0.717) is 17.1 Å². The van der Waals surface area contributed by atoms with Crippen LogP contribution in [0.5, 0.6) is 0 Å². The van der Waals surface area contributed by atoms with Crippen LogP contribution >= 0.6 is 22.9 Å². The van der Waals surface area contributed by atoms with Gasteiger partial charge in [-0.2, -0.15) is 11.3 Å². The van der Waals surface area contributed by atoms with Crippen LogP contribution in [0.2, 0.25) is 5.02 Å². The molecule has 2 aromatic rings. The molecule has 1 aromatic heterocycles. The average Bonchev–Trinajstić information content (AvgIpc) is 3.11. The predicted molar refractivity (Wildman–Crippen MR) is 93.2 cm³/mol. The molecule has 0 spiro atoms.